The molecule has 6 heteroatoms. The Morgan fingerprint density at radius 1 is 1.50 bits per heavy atom. The summed E-state index contributed by atoms with van der Waals surface area (Å²) in [5, 5.41) is 11.9. The van der Waals surface area contributed by atoms with Crippen LogP contribution in [0.1, 0.15) is 35.4 Å². The van der Waals surface area contributed by atoms with E-state index >= 15 is 0 Å². The summed E-state index contributed by atoms with van der Waals surface area (Å²) in [5.74, 6) is 0.571. The first-order valence-electron chi connectivity index (χ1n) is 6.93. The van der Waals surface area contributed by atoms with Crippen LogP contribution in [0.15, 0.2) is 18.3 Å². The molecule has 0 aliphatic carbocycles. The van der Waals surface area contributed by atoms with E-state index in [1.54, 1.807) is 12.1 Å². The Morgan fingerprint density at radius 3 is 3.15 bits per heavy atom. The number of aromatic nitrogens is 3. The summed E-state index contributed by atoms with van der Waals surface area (Å²) in [6, 6.07) is 3.91. The average Bonchev–Trinajstić information content (AvgIpc) is 2.90. The van der Waals surface area contributed by atoms with E-state index in [1.807, 2.05) is 10.6 Å². The molecule has 3 rings (SSSR count). The van der Waals surface area contributed by atoms with Crippen molar-refractivity contribution in [2.75, 3.05) is 13.7 Å². The monoisotopic (exact) mass is 274 g/mol. The molecule has 20 heavy (non-hydrogen) atoms. The number of nitrogens with zero attached hydrogens (tertiary/aromatic N) is 3. The zero-order valence-corrected chi connectivity index (χ0v) is 11.5. The van der Waals surface area contributed by atoms with Crippen molar-refractivity contribution in [3.05, 3.63) is 29.7 Å². The molecule has 1 aliphatic rings. The highest BCUT2D eigenvalue weighted by Gasteiger charge is 2.17. The van der Waals surface area contributed by atoms with E-state index in [0.29, 0.717) is 17.3 Å². The number of pyridine rings is 1. The van der Waals surface area contributed by atoms with Crippen LogP contribution in [0.25, 0.3) is 5.65 Å². The van der Waals surface area contributed by atoms with Gasteiger partial charge in [-0.05, 0) is 31.5 Å². The molecule has 1 N–H and O–H groups in total. The first-order valence-corrected chi connectivity index (χ1v) is 6.93. The molecule has 0 radical (unpaired) electrons. The summed E-state index contributed by atoms with van der Waals surface area (Å²) in [6.07, 6.45) is 6.38. The second-order valence-corrected chi connectivity index (χ2v) is 5.10. The smallest absolute Gasteiger partial charge is 0.338 e. The number of ether oxygens (including phenoxy) is 1. The maximum Gasteiger partial charge on any atom is 0.338 e. The van der Waals surface area contributed by atoms with E-state index in [4.69, 9.17) is 4.74 Å². The van der Waals surface area contributed by atoms with Crippen molar-refractivity contribution < 1.29 is 9.53 Å². The summed E-state index contributed by atoms with van der Waals surface area (Å²) >= 11 is 0. The summed E-state index contributed by atoms with van der Waals surface area (Å²) < 4.78 is 6.64. The number of piperidine rings is 1. The van der Waals surface area contributed by atoms with Crippen molar-refractivity contribution in [2.45, 2.75) is 31.7 Å². The second kappa shape index (κ2) is 5.58. The molecule has 2 aromatic heterocycles. The van der Waals surface area contributed by atoms with Gasteiger partial charge in [-0.1, -0.05) is 6.42 Å². The molecule has 1 saturated heterocycles. The lowest BCUT2D eigenvalue weighted by Crippen LogP contribution is -2.36. The predicted molar refractivity (Wildman–Crippen MR) is 73.7 cm³/mol. The average molecular weight is 274 g/mol. The van der Waals surface area contributed by atoms with Gasteiger partial charge >= 0.3 is 5.97 Å². The van der Waals surface area contributed by atoms with Crippen molar-refractivity contribution in [1.82, 2.24) is 19.9 Å². The van der Waals surface area contributed by atoms with Crippen molar-refractivity contribution in [3.63, 3.8) is 0 Å². The van der Waals surface area contributed by atoms with Crippen molar-refractivity contribution >= 4 is 11.6 Å². The number of hydrogen-bond acceptors (Lipinski definition) is 5. The minimum absolute atomic E-state index is 0.356. The van der Waals surface area contributed by atoms with Crippen LogP contribution in [0, 0.1) is 0 Å². The molecule has 0 saturated carbocycles. The Morgan fingerprint density at radius 2 is 2.40 bits per heavy atom. The summed E-state index contributed by atoms with van der Waals surface area (Å²) in [5.41, 5.74) is 1.17. The Balaban J connectivity index is 1.84. The van der Waals surface area contributed by atoms with Gasteiger partial charge in [0.05, 0.1) is 12.7 Å². The summed E-state index contributed by atoms with van der Waals surface area (Å²) in [7, 11) is 1.37. The molecule has 0 bridgehead atoms. The molecule has 0 amide bonds. The molecule has 106 valence electrons. The Labute approximate surface area is 117 Å². The topological polar surface area (TPSA) is 68.5 Å². The number of rotatable bonds is 3. The van der Waals surface area contributed by atoms with Crippen molar-refractivity contribution in [2.24, 2.45) is 0 Å². The number of hydrogen-bond donors (Lipinski definition) is 1. The molecule has 6 nitrogen and oxygen atoms in total. The van der Waals surface area contributed by atoms with Crippen molar-refractivity contribution in [1.29, 1.82) is 0 Å². The standard InChI is InChI=1S/C14H18N4O2/c1-20-14(19)10-5-7-18-12(8-10)16-17-13(18)9-11-4-2-3-6-15-11/h5,7-8,11,15H,2-4,6,9H2,1H3. The third-order valence-electron chi connectivity index (χ3n) is 3.74. The summed E-state index contributed by atoms with van der Waals surface area (Å²) in [4.78, 5) is 11.5. The second-order valence-electron chi connectivity index (χ2n) is 5.10. The van der Waals surface area contributed by atoms with Crippen LogP contribution in [0.4, 0.5) is 0 Å². The zero-order valence-electron chi connectivity index (χ0n) is 11.5. The number of carbonyl (C=O) groups excluding carboxylic acids is 1. The maximum atomic E-state index is 11.5. The van der Waals surface area contributed by atoms with Gasteiger partial charge in [0.25, 0.3) is 0 Å². The SMILES string of the molecule is COC(=O)c1ccn2c(CC3CCCCN3)nnc2c1. The number of fused-ring (bicyclic) bond motifs is 1. The van der Waals surface area contributed by atoms with Gasteiger partial charge in [0.15, 0.2) is 5.65 Å². The molecule has 1 fully saturated rings. The Bertz CT molecular complexity index is 617. The van der Waals surface area contributed by atoms with E-state index < -0.39 is 0 Å². The largest absolute Gasteiger partial charge is 0.465 e. The van der Waals surface area contributed by atoms with Gasteiger partial charge in [0.2, 0.25) is 0 Å². The minimum Gasteiger partial charge on any atom is -0.465 e. The molecule has 2 aromatic rings. The summed E-state index contributed by atoms with van der Waals surface area (Å²) in [6.45, 7) is 1.08. The fraction of sp³-hybridized carbons (Fsp3) is 0.500. The van der Waals surface area contributed by atoms with Crippen LogP contribution in [0.2, 0.25) is 0 Å². The van der Waals surface area contributed by atoms with E-state index in [2.05, 4.69) is 15.5 Å². The molecule has 1 aliphatic heterocycles. The number of methoxy groups -OCH3 is 1. The highest BCUT2D eigenvalue weighted by Crippen LogP contribution is 2.14. The third-order valence-corrected chi connectivity index (χ3v) is 3.74. The van der Waals surface area contributed by atoms with Crippen LogP contribution in [0.5, 0.6) is 0 Å². The Hall–Kier alpha value is -1.95. The lowest BCUT2D eigenvalue weighted by molar-refractivity contribution is 0.0600. The normalized spacial score (nSPS) is 19.1. The number of esters is 1. The van der Waals surface area contributed by atoms with Gasteiger partial charge in [-0.15, -0.1) is 10.2 Å². The quantitative estimate of drug-likeness (QED) is 0.852. The van der Waals surface area contributed by atoms with Gasteiger partial charge in [-0.25, -0.2) is 4.79 Å². The molecule has 0 aromatic carbocycles. The van der Waals surface area contributed by atoms with E-state index in [-0.39, 0.29) is 5.97 Å². The molecular formula is C14H18N4O2. The molecule has 3 heterocycles. The maximum absolute atomic E-state index is 11.5. The fourth-order valence-electron chi connectivity index (χ4n) is 2.64. The lowest BCUT2D eigenvalue weighted by Gasteiger charge is -2.22. The van der Waals surface area contributed by atoms with Crippen molar-refractivity contribution in [3.8, 4) is 0 Å². The van der Waals surface area contributed by atoms with Gasteiger partial charge in [0.1, 0.15) is 5.82 Å². The van der Waals surface area contributed by atoms with Gasteiger partial charge in [-0.3, -0.25) is 4.40 Å². The molecule has 1 unspecified atom stereocenters. The number of nitrogens with one attached hydrogen (secondary N) is 1. The number of carbonyl (C=O) groups is 1. The van der Waals surface area contributed by atoms with Gasteiger partial charge in [0, 0.05) is 18.7 Å². The van der Waals surface area contributed by atoms with E-state index in [9.17, 15) is 4.79 Å². The molecule has 0 spiro atoms. The third kappa shape index (κ3) is 2.51. The first-order chi connectivity index (χ1) is 9.78. The van der Waals surface area contributed by atoms with E-state index in [1.165, 1.54) is 26.4 Å². The van der Waals surface area contributed by atoms with Crippen LogP contribution in [0.3, 0.4) is 0 Å². The fourth-order valence-corrected chi connectivity index (χ4v) is 2.64. The first kappa shape index (κ1) is 13.1. The molecular weight excluding hydrogens is 256 g/mol. The zero-order chi connectivity index (χ0) is 13.9. The predicted octanol–water partition coefficient (Wildman–Crippen LogP) is 1.20. The van der Waals surface area contributed by atoms with Gasteiger partial charge in [-0.2, -0.15) is 0 Å². The van der Waals surface area contributed by atoms with E-state index in [0.717, 1.165) is 18.8 Å². The Kier molecular flexibility index (Phi) is 3.64. The van der Waals surface area contributed by atoms with Crippen LogP contribution < -0.4 is 5.32 Å². The van der Waals surface area contributed by atoms with Crippen LogP contribution >= 0.6 is 0 Å². The van der Waals surface area contributed by atoms with Gasteiger partial charge < -0.3 is 10.1 Å². The highest BCUT2D eigenvalue weighted by molar-refractivity contribution is 5.90. The lowest BCUT2D eigenvalue weighted by atomic mass is 10.0. The minimum atomic E-state index is -0.356. The molecule has 1 atom stereocenters. The van der Waals surface area contributed by atoms with Crippen LogP contribution in [-0.2, 0) is 11.2 Å². The van der Waals surface area contributed by atoms with Crippen LogP contribution in [-0.4, -0.2) is 40.3 Å². The highest BCUT2D eigenvalue weighted by atomic mass is 16.5.